The Labute approximate surface area is 152 Å². The molecule has 0 aliphatic heterocycles. The number of ether oxygens (including phenoxy) is 1. The fourth-order valence-electron chi connectivity index (χ4n) is 2.40. The van der Waals surface area contributed by atoms with Crippen molar-refractivity contribution in [2.75, 3.05) is 7.11 Å². The van der Waals surface area contributed by atoms with E-state index in [0.29, 0.717) is 17.2 Å². The zero-order valence-corrected chi connectivity index (χ0v) is 14.2. The summed E-state index contributed by atoms with van der Waals surface area (Å²) in [6.07, 6.45) is -4.50. The van der Waals surface area contributed by atoms with Crippen molar-refractivity contribution < 1.29 is 27.2 Å². The summed E-state index contributed by atoms with van der Waals surface area (Å²) in [6.45, 7) is 0.0226. The first-order valence-electron chi connectivity index (χ1n) is 7.92. The SMILES string of the molecule is COc1ccc(-c2cc(CNC(=O)c3cccc(C(F)(F)F)c3)no2)cc1. The number of hydrogen-bond donors (Lipinski definition) is 1. The van der Waals surface area contributed by atoms with Crippen LogP contribution in [0.15, 0.2) is 59.1 Å². The summed E-state index contributed by atoms with van der Waals surface area (Å²) in [5.41, 5.74) is 0.266. The van der Waals surface area contributed by atoms with Crippen LogP contribution in [0.5, 0.6) is 5.75 Å². The first-order chi connectivity index (χ1) is 12.9. The largest absolute Gasteiger partial charge is 0.497 e. The summed E-state index contributed by atoms with van der Waals surface area (Å²) in [4.78, 5) is 12.1. The lowest BCUT2D eigenvalue weighted by molar-refractivity contribution is -0.137. The van der Waals surface area contributed by atoms with Crippen LogP contribution in [0.3, 0.4) is 0 Å². The minimum absolute atomic E-state index is 0.0226. The van der Waals surface area contributed by atoms with E-state index < -0.39 is 17.6 Å². The molecule has 8 heteroatoms. The number of rotatable bonds is 5. The number of aromatic nitrogens is 1. The zero-order chi connectivity index (χ0) is 19.4. The molecule has 1 heterocycles. The Morgan fingerprint density at radius 2 is 1.89 bits per heavy atom. The van der Waals surface area contributed by atoms with Crippen LogP contribution in [0.1, 0.15) is 21.6 Å². The van der Waals surface area contributed by atoms with Gasteiger partial charge in [-0.2, -0.15) is 13.2 Å². The van der Waals surface area contributed by atoms with E-state index in [0.717, 1.165) is 17.7 Å². The molecule has 0 saturated carbocycles. The summed E-state index contributed by atoms with van der Waals surface area (Å²) >= 11 is 0. The summed E-state index contributed by atoms with van der Waals surface area (Å²) < 4.78 is 48.5. The molecule has 3 aromatic rings. The zero-order valence-electron chi connectivity index (χ0n) is 14.2. The number of carbonyl (C=O) groups excluding carboxylic acids is 1. The molecule has 0 saturated heterocycles. The Balaban J connectivity index is 1.65. The van der Waals surface area contributed by atoms with Crippen molar-refractivity contribution in [3.05, 3.63) is 71.4 Å². The molecule has 0 unspecified atom stereocenters. The van der Waals surface area contributed by atoms with E-state index in [1.54, 1.807) is 37.4 Å². The van der Waals surface area contributed by atoms with Gasteiger partial charge in [0, 0.05) is 17.2 Å². The topological polar surface area (TPSA) is 64.4 Å². The van der Waals surface area contributed by atoms with E-state index in [4.69, 9.17) is 9.26 Å². The van der Waals surface area contributed by atoms with Gasteiger partial charge in [0.2, 0.25) is 0 Å². The number of hydrogen-bond acceptors (Lipinski definition) is 4. The first-order valence-corrected chi connectivity index (χ1v) is 7.92. The number of alkyl halides is 3. The fraction of sp³-hybridized carbons (Fsp3) is 0.158. The number of nitrogens with one attached hydrogen (secondary N) is 1. The third-order valence-electron chi connectivity index (χ3n) is 3.82. The Bertz CT molecular complexity index is 934. The second kappa shape index (κ2) is 7.53. The van der Waals surface area contributed by atoms with Crippen molar-refractivity contribution in [1.29, 1.82) is 0 Å². The molecule has 0 aliphatic rings. The van der Waals surface area contributed by atoms with Gasteiger partial charge in [-0.25, -0.2) is 0 Å². The highest BCUT2D eigenvalue weighted by Crippen LogP contribution is 2.29. The standard InChI is InChI=1S/C19H15F3N2O3/c1-26-16-7-5-12(6-8-16)17-10-15(24-27-17)11-23-18(25)13-3-2-4-14(9-13)19(20,21)22/h2-10H,11H2,1H3,(H,23,25). The van der Waals surface area contributed by atoms with Crippen LogP contribution in [-0.2, 0) is 12.7 Å². The highest BCUT2D eigenvalue weighted by atomic mass is 19.4. The minimum atomic E-state index is -4.50. The maximum Gasteiger partial charge on any atom is 0.416 e. The van der Waals surface area contributed by atoms with Gasteiger partial charge >= 0.3 is 6.18 Å². The lowest BCUT2D eigenvalue weighted by Gasteiger charge is -2.08. The Kier molecular flexibility index (Phi) is 5.16. The van der Waals surface area contributed by atoms with E-state index in [-0.39, 0.29) is 12.1 Å². The predicted molar refractivity (Wildman–Crippen MR) is 91.1 cm³/mol. The summed E-state index contributed by atoms with van der Waals surface area (Å²) in [5, 5.41) is 6.38. The van der Waals surface area contributed by atoms with Crippen molar-refractivity contribution in [2.24, 2.45) is 0 Å². The average Bonchev–Trinajstić information content (AvgIpc) is 3.14. The monoisotopic (exact) mass is 376 g/mol. The van der Waals surface area contributed by atoms with E-state index in [1.807, 2.05) is 0 Å². The molecule has 1 amide bonds. The molecule has 1 N–H and O–H groups in total. The molecule has 0 radical (unpaired) electrons. The average molecular weight is 376 g/mol. The molecule has 0 fully saturated rings. The van der Waals surface area contributed by atoms with Crippen LogP contribution in [0.25, 0.3) is 11.3 Å². The number of methoxy groups -OCH3 is 1. The molecule has 140 valence electrons. The van der Waals surface area contributed by atoms with Crippen LogP contribution >= 0.6 is 0 Å². The summed E-state index contributed by atoms with van der Waals surface area (Å²) in [6, 6.07) is 13.0. The van der Waals surface area contributed by atoms with Crippen LogP contribution in [0.2, 0.25) is 0 Å². The van der Waals surface area contributed by atoms with Gasteiger partial charge in [0.25, 0.3) is 5.91 Å². The molecule has 5 nitrogen and oxygen atoms in total. The van der Waals surface area contributed by atoms with Crippen molar-refractivity contribution in [3.63, 3.8) is 0 Å². The smallest absolute Gasteiger partial charge is 0.416 e. The molecular formula is C19H15F3N2O3. The normalized spacial score (nSPS) is 11.3. The molecule has 0 bridgehead atoms. The molecule has 27 heavy (non-hydrogen) atoms. The molecule has 0 aliphatic carbocycles. The van der Waals surface area contributed by atoms with Crippen LogP contribution in [0, 0.1) is 0 Å². The quantitative estimate of drug-likeness (QED) is 0.721. The molecule has 0 atom stereocenters. The Morgan fingerprint density at radius 1 is 1.15 bits per heavy atom. The Morgan fingerprint density at radius 3 is 2.56 bits per heavy atom. The van der Waals surface area contributed by atoms with Gasteiger partial charge in [-0.3, -0.25) is 4.79 Å². The number of carbonyl (C=O) groups is 1. The van der Waals surface area contributed by atoms with Gasteiger partial charge in [-0.15, -0.1) is 0 Å². The van der Waals surface area contributed by atoms with E-state index in [9.17, 15) is 18.0 Å². The van der Waals surface area contributed by atoms with E-state index in [2.05, 4.69) is 10.5 Å². The van der Waals surface area contributed by atoms with Crippen molar-refractivity contribution in [1.82, 2.24) is 10.5 Å². The van der Waals surface area contributed by atoms with E-state index in [1.165, 1.54) is 12.1 Å². The number of halogens is 3. The summed E-state index contributed by atoms with van der Waals surface area (Å²) in [5.74, 6) is 0.572. The second-order valence-electron chi connectivity index (χ2n) is 5.67. The highest BCUT2D eigenvalue weighted by molar-refractivity contribution is 5.94. The van der Waals surface area contributed by atoms with E-state index >= 15 is 0 Å². The predicted octanol–water partition coefficient (Wildman–Crippen LogP) is 4.30. The first kappa shape index (κ1) is 18.5. The minimum Gasteiger partial charge on any atom is -0.497 e. The third-order valence-corrected chi connectivity index (χ3v) is 3.82. The second-order valence-corrected chi connectivity index (χ2v) is 5.67. The third kappa shape index (κ3) is 4.46. The highest BCUT2D eigenvalue weighted by Gasteiger charge is 2.30. The van der Waals surface area contributed by atoms with Crippen LogP contribution in [-0.4, -0.2) is 18.2 Å². The number of nitrogens with zero attached hydrogens (tertiary/aromatic N) is 1. The van der Waals surface area contributed by atoms with Gasteiger partial charge in [0.15, 0.2) is 5.76 Å². The maximum atomic E-state index is 12.7. The van der Waals surface area contributed by atoms with Crippen LogP contribution in [0.4, 0.5) is 13.2 Å². The fourth-order valence-corrected chi connectivity index (χ4v) is 2.40. The van der Waals surface area contributed by atoms with Gasteiger partial charge < -0.3 is 14.6 Å². The van der Waals surface area contributed by atoms with Crippen LogP contribution < -0.4 is 10.1 Å². The summed E-state index contributed by atoms with van der Waals surface area (Å²) in [7, 11) is 1.56. The number of benzene rings is 2. The molecule has 2 aromatic carbocycles. The van der Waals surface area contributed by atoms with Crippen molar-refractivity contribution in [3.8, 4) is 17.1 Å². The van der Waals surface area contributed by atoms with Crippen molar-refractivity contribution >= 4 is 5.91 Å². The number of amides is 1. The Hall–Kier alpha value is -3.29. The van der Waals surface area contributed by atoms with Gasteiger partial charge in [0.1, 0.15) is 11.4 Å². The lowest BCUT2D eigenvalue weighted by atomic mass is 10.1. The van der Waals surface area contributed by atoms with Gasteiger partial charge in [-0.05, 0) is 42.5 Å². The molecule has 3 rings (SSSR count). The molecule has 1 aromatic heterocycles. The molecular weight excluding hydrogens is 361 g/mol. The van der Waals surface area contributed by atoms with Gasteiger partial charge in [0.05, 0.1) is 19.2 Å². The van der Waals surface area contributed by atoms with Crippen molar-refractivity contribution in [2.45, 2.75) is 12.7 Å². The maximum absolute atomic E-state index is 12.7. The van der Waals surface area contributed by atoms with Gasteiger partial charge in [-0.1, -0.05) is 11.2 Å². The lowest BCUT2D eigenvalue weighted by Crippen LogP contribution is -2.23. The molecule has 0 spiro atoms.